The number of ketones is 1. The van der Waals surface area contributed by atoms with Gasteiger partial charge in [0.15, 0.2) is 0 Å². The van der Waals surface area contributed by atoms with Gasteiger partial charge >= 0.3 is 24.5 Å². The van der Waals surface area contributed by atoms with Gasteiger partial charge < -0.3 is 19.7 Å². The van der Waals surface area contributed by atoms with Gasteiger partial charge in [0.05, 0.1) is 6.42 Å². The summed E-state index contributed by atoms with van der Waals surface area (Å²) in [5, 5.41) is 18.1. The Hall–Kier alpha value is -0.790. The zero-order valence-electron chi connectivity index (χ0n) is 11.8. The fourth-order valence-corrected chi connectivity index (χ4v) is 2.32. The molecule has 0 radical (unpaired) electrons. The van der Waals surface area contributed by atoms with E-state index in [1.54, 1.807) is 0 Å². The first kappa shape index (κ1) is 21.2. The van der Waals surface area contributed by atoms with E-state index in [9.17, 15) is 24.1 Å². The molecule has 0 aliphatic rings. The molecule has 0 aromatic carbocycles. The lowest BCUT2D eigenvalue weighted by Crippen LogP contribution is -2.58. The van der Waals surface area contributed by atoms with Crippen molar-refractivity contribution < 1.29 is 38.6 Å². The molecule has 8 nitrogen and oxygen atoms in total. The average molecular weight is 378 g/mol. The van der Waals surface area contributed by atoms with Crippen LogP contribution >= 0.6 is 31.7 Å². The molecule has 0 spiro atoms. The van der Waals surface area contributed by atoms with Crippen LogP contribution in [-0.4, -0.2) is 51.0 Å². The van der Waals surface area contributed by atoms with E-state index in [0.29, 0.717) is 0 Å². The third-order valence-electron chi connectivity index (χ3n) is 2.58. The maximum atomic E-state index is 12.5. The number of hydrogen-bond donors (Lipinski definition) is 2. The predicted molar refractivity (Wildman–Crippen MR) is 77.8 cm³/mol. The first-order valence-corrected chi connectivity index (χ1v) is 7.79. The van der Waals surface area contributed by atoms with Gasteiger partial charge in [0, 0.05) is 13.2 Å². The van der Waals surface area contributed by atoms with E-state index in [1.807, 2.05) is 0 Å². The minimum Gasteiger partial charge on any atom is -0.481 e. The van der Waals surface area contributed by atoms with E-state index in [0.717, 1.165) is 0 Å². The topological polar surface area (TPSA) is 127 Å². The molecule has 0 aliphatic heterocycles. The number of alkyl halides is 2. The van der Waals surface area contributed by atoms with Crippen molar-refractivity contribution in [3.05, 3.63) is 0 Å². The van der Waals surface area contributed by atoms with Crippen molar-refractivity contribution >= 4 is 49.4 Å². The van der Waals surface area contributed by atoms with E-state index in [2.05, 4.69) is 0 Å². The molecule has 0 rings (SSSR count). The Kier molecular flexibility index (Phi) is 8.43. The smallest absolute Gasteiger partial charge is 0.373 e. The molecule has 2 atom stereocenters. The molecule has 0 bridgehead atoms. The van der Waals surface area contributed by atoms with Crippen LogP contribution in [0.2, 0.25) is 0 Å². The Morgan fingerprint density at radius 3 is 1.86 bits per heavy atom. The Labute approximate surface area is 137 Å². The third kappa shape index (κ3) is 4.86. The van der Waals surface area contributed by atoms with Crippen LogP contribution in [0.15, 0.2) is 0 Å². The summed E-state index contributed by atoms with van der Waals surface area (Å²) in [6, 6.07) is 0. The second-order valence-corrected chi connectivity index (χ2v) is 6.94. The number of carbonyl (C=O) groups is 3. The monoisotopic (exact) mass is 377 g/mol. The number of Topliss-reactive ketones (excluding diaryl/α,β-unsaturated/α-hetero) is 1. The number of carboxylic acids is 2. The molecule has 0 saturated heterocycles. The second kappa shape index (κ2) is 8.74. The van der Waals surface area contributed by atoms with Crippen molar-refractivity contribution in [1.29, 1.82) is 0 Å². The number of rotatable bonds is 11. The zero-order chi connectivity index (χ0) is 17.6. The van der Waals surface area contributed by atoms with Crippen LogP contribution < -0.4 is 0 Å². The van der Waals surface area contributed by atoms with Crippen molar-refractivity contribution in [2.24, 2.45) is 5.92 Å². The number of aliphatic carboxylic acids is 2. The largest absolute Gasteiger partial charge is 0.481 e. The normalized spacial score (nSPS) is 13.8. The van der Waals surface area contributed by atoms with E-state index in [1.165, 1.54) is 13.8 Å². The van der Waals surface area contributed by atoms with E-state index in [4.69, 9.17) is 37.8 Å². The standard InChI is InChI=1S/C11H15Cl2O8P/c1-3-20-10(21-4-2,9(18)11(12,13)22-19)6(8(16)17)5-7(14)15/h6H,3-5H2,1-2H3,(H,14,15)(H,16,17)/p+1. The van der Waals surface area contributed by atoms with Crippen molar-refractivity contribution in [2.45, 2.75) is 30.1 Å². The molecule has 22 heavy (non-hydrogen) atoms. The molecule has 11 heteroatoms. The summed E-state index contributed by atoms with van der Waals surface area (Å²) in [7, 11) is -1.54. The van der Waals surface area contributed by atoms with Gasteiger partial charge in [-0.2, -0.15) is 0 Å². The number of hydrogen-bond acceptors (Lipinski definition) is 6. The summed E-state index contributed by atoms with van der Waals surface area (Å²) in [5.41, 5.74) is 0. The Morgan fingerprint density at radius 2 is 1.59 bits per heavy atom. The Bertz CT molecular complexity index is 447. The van der Waals surface area contributed by atoms with Gasteiger partial charge in [0.25, 0.3) is 11.6 Å². The van der Waals surface area contributed by atoms with Crippen LogP contribution in [-0.2, 0) is 28.4 Å². The molecule has 0 aromatic heterocycles. The van der Waals surface area contributed by atoms with Gasteiger partial charge in [-0.25, -0.2) is 0 Å². The number of carboxylic acid groups (broad SMARTS) is 2. The van der Waals surface area contributed by atoms with Gasteiger partial charge in [-0.3, -0.25) is 14.4 Å². The maximum absolute atomic E-state index is 12.5. The highest BCUT2D eigenvalue weighted by Gasteiger charge is 2.62. The quantitative estimate of drug-likeness (QED) is 0.316. The van der Waals surface area contributed by atoms with E-state index in [-0.39, 0.29) is 13.2 Å². The average Bonchev–Trinajstić information content (AvgIpc) is 2.43. The first-order chi connectivity index (χ1) is 10.1. The van der Waals surface area contributed by atoms with E-state index >= 15 is 0 Å². The van der Waals surface area contributed by atoms with Crippen molar-refractivity contribution in [3.8, 4) is 0 Å². The highest BCUT2D eigenvalue weighted by molar-refractivity contribution is 7.35. The van der Waals surface area contributed by atoms with Crippen LogP contribution in [0.25, 0.3) is 0 Å². The van der Waals surface area contributed by atoms with Gasteiger partial charge in [0.1, 0.15) is 5.92 Å². The van der Waals surface area contributed by atoms with Crippen molar-refractivity contribution in [1.82, 2.24) is 0 Å². The molecular formula is C11H16Cl2O8P+. The van der Waals surface area contributed by atoms with Crippen LogP contribution in [0.1, 0.15) is 20.3 Å². The van der Waals surface area contributed by atoms with E-state index < -0.39 is 48.4 Å². The lowest BCUT2D eigenvalue weighted by molar-refractivity contribution is -0.251. The molecule has 0 aliphatic carbocycles. The summed E-state index contributed by atoms with van der Waals surface area (Å²) in [4.78, 5) is 34.8. The highest BCUT2D eigenvalue weighted by atomic mass is 35.5. The van der Waals surface area contributed by atoms with Gasteiger partial charge in [0.2, 0.25) is 0 Å². The molecule has 0 heterocycles. The van der Waals surface area contributed by atoms with Crippen LogP contribution in [0.5, 0.6) is 0 Å². The van der Waals surface area contributed by atoms with Crippen LogP contribution in [0.3, 0.4) is 0 Å². The lowest BCUT2D eigenvalue weighted by Gasteiger charge is -2.36. The highest BCUT2D eigenvalue weighted by Crippen LogP contribution is 2.42. The Morgan fingerprint density at radius 1 is 1.14 bits per heavy atom. The summed E-state index contributed by atoms with van der Waals surface area (Å²) >= 11 is 11.3. The number of carbonyl (C=O) groups excluding carboxylic acids is 1. The minimum absolute atomic E-state index is 0.193. The van der Waals surface area contributed by atoms with Crippen molar-refractivity contribution in [2.75, 3.05) is 13.2 Å². The molecule has 2 N–H and O–H groups in total. The van der Waals surface area contributed by atoms with Crippen LogP contribution in [0, 0.1) is 5.92 Å². The molecule has 126 valence electrons. The molecular weight excluding hydrogens is 362 g/mol. The molecule has 0 saturated carbocycles. The SMILES string of the molecule is CCOC(OCC)(C(=O)C(Cl)(Cl)[PH+]=O)C(CC(=O)O)C(=O)O. The number of halogens is 2. The summed E-state index contributed by atoms with van der Waals surface area (Å²) in [6.07, 6.45) is -0.979. The third-order valence-corrected chi connectivity index (χ3v) is 3.87. The Balaban J connectivity index is 6.14. The predicted octanol–water partition coefficient (Wildman–Crippen LogP) is 1.66. The summed E-state index contributed by atoms with van der Waals surface area (Å²) in [5.74, 6) is -8.96. The zero-order valence-corrected chi connectivity index (χ0v) is 14.3. The maximum Gasteiger partial charge on any atom is 0.373 e. The fourth-order valence-electron chi connectivity index (χ4n) is 1.79. The number of ether oxygens (including phenoxy) is 2. The van der Waals surface area contributed by atoms with Crippen molar-refractivity contribution in [3.63, 3.8) is 0 Å². The molecule has 2 unspecified atom stereocenters. The minimum atomic E-state index is -2.56. The fraction of sp³-hybridized carbons (Fsp3) is 0.727. The summed E-state index contributed by atoms with van der Waals surface area (Å²) < 4.78 is 18.8. The molecule has 0 fully saturated rings. The lowest BCUT2D eigenvalue weighted by atomic mass is 9.91. The van der Waals surface area contributed by atoms with Gasteiger partial charge in [-0.1, -0.05) is 4.57 Å². The van der Waals surface area contributed by atoms with Gasteiger partial charge in [-0.05, 0) is 37.0 Å². The van der Waals surface area contributed by atoms with Gasteiger partial charge in [-0.15, -0.1) is 0 Å². The molecule has 0 amide bonds. The second-order valence-electron chi connectivity index (χ2n) is 4.03. The first-order valence-electron chi connectivity index (χ1n) is 6.13. The molecule has 0 aromatic rings. The summed E-state index contributed by atoms with van der Waals surface area (Å²) in [6.45, 7) is 2.48. The van der Waals surface area contributed by atoms with Crippen LogP contribution in [0.4, 0.5) is 0 Å².